The number of hydrogen-bond acceptors (Lipinski definition) is 3. The van der Waals surface area contributed by atoms with Gasteiger partial charge in [0.2, 0.25) is 0 Å². The molecular weight excluding hydrogens is 260 g/mol. The van der Waals surface area contributed by atoms with E-state index < -0.39 is 0 Å². The number of nitrogens with one attached hydrogen (secondary N) is 1. The van der Waals surface area contributed by atoms with E-state index in [-0.39, 0.29) is 0 Å². The van der Waals surface area contributed by atoms with Crippen molar-refractivity contribution in [2.45, 2.75) is 45.7 Å². The molecule has 3 heteroatoms. The van der Waals surface area contributed by atoms with E-state index in [9.17, 15) is 0 Å². The summed E-state index contributed by atoms with van der Waals surface area (Å²) in [5.74, 6) is 1.94. The van der Waals surface area contributed by atoms with Crippen LogP contribution in [0.15, 0.2) is 24.3 Å². The van der Waals surface area contributed by atoms with E-state index in [1.165, 1.54) is 31.4 Å². The number of rotatable bonds is 9. The highest BCUT2D eigenvalue weighted by molar-refractivity contribution is 5.33. The third kappa shape index (κ3) is 5.68. The predicted octanol–water partition coefficient (Wildman–Crippen LogP) is 3.30. The van der Waals surface area contributed by atoms with E-state index in [0.29, 0.717) is 6.04 Å². The zero-order valence-corrected chi connectivity index (χ0v) is 13.8. The van der Waals surface area contributed by atoms with E-state index in [0.717, 1.165) is 31.4 Å². The summed E-state index contributed by atoms with van der Waals surface area (Å²) < 4.78 is 5.99. The highest BCUT2D eigenvalue weighted by Crippen LogP contribution is 2.26. The Morgan fingerprint density at radius 2 is 2.05 bits per heavy atom. The molecule has 0 aromatic heterocycles. The zero-order valence-electron chi connectivity index (χ0n) is 13.8. The van der Waals surface area contributed by atoms with Crippen molar-refractivity contribution in [3.8, 4) is 5.75 Å². The molecule has 1 aliphatic rings. The summed E-state index contributed by atoms with van der Waals surface area (Å²) in [4.78, 5) is 2.40. The molecule has 0 atom stereocenters. The van der Waals surface area contributed by atoms with Gasteiger partial charge < -0.3 is 15.0 Å². The van der Waals surface area contributed by atoms with Crippen molar-refractivity contribution in [2.24, 2.45) is 5.92 Å². The van der Waals surface area contributed by atoms with Gasteiger partial charge in [0.1, 0.15) is 12.4 Å². The number of likely N-dealkylation sites (N-methyl/N-ethyl adjacent to an activating group) is 1. The highest BCUT2D eigenvalue weighted by Gasteiger charge is 2.18. The third-order valence-electron chi connectivity index (χ3n) is 4.20. The Kier molecular flexibility index (Phi) is 6.52. The first-order chi connectivity index (χ1) is 10.1. The van der Waals surface area contributed by atoms with Crippen molar-refractivity contribution in [3.05, 3.63) is 29.8 Å². The van der Waals surface area contributed by atoms with Gasteiger partial charge in [-0.25, -0.2) is 0 Å². The maximum absolute atomic E-state index is 5.99. The van der Waals surface area contributed by atoms with Crippen LogP contribution in [0.5, 0.6) is 5.75 Å². The molecular formula is C18H30N2O. The zero-order chi connectivity index (χ0) is 15.1. The van der Waals surface area contributed by atoms with Crippen LogP contribution in [-0.4, -0.2) is 37.7 Å². The Morgan fingerprint density at radius 3 is 2.71 bits per heavy atom. The molecule has 21 heavy (non-hydrogen) atoms. The van der Waals surface area contributed by atoms with Crippen LogP contribution >= 0.6 is 0 Å². The van der Waals surface area contributed by atoms with Crippen LogP contribution in [0.1, 0.15) is 38.7 Å². The minimum Gasteiger partial charge on any atom is -0.492 e. The molecule has 1 aromatic carbocycles. The average Bonchev–Trinajstić information content (AvgIpc) is 2.42. The van der Waals surface area contributed by atoms with E-state index >= 15 is 0 Å². The Hall–Kier alpha value is -1.06. The summed E-state index contributed by atoms with van der Waals surface area (Å²) in [6, 6.07) is 8.83. The fourth-order valence-corrected chi connectivity index (χ4v) is 2.62. The van der Waals surface area contributed by atoms with Gasteiger partial charge in [0.05, 0.1) is 0 Å². The molecule has 1 saturated carbocycles. The number of benzene rings is 1. The van der Waals surface area contributed by atoms with Crippen molar-refractivity contribution in [1.82, 2.24) is 10.2 Å². The monoisotopic (exact) mass is 290 g/mol. The largest absolute Gasteiger partial charge is 0.492 e. The van der Waals surface area contributed by atoms with Crippen LogP contribution in [0.25, 0.3) is 0 Å². The summed E-state index contributed by atoms with van der Waals surface area (Å²) >= 11 is 0. The molecule has 1 N–H and O–H groups in total. The van der Waals surface area contributed by atoms with E-state index in [2.05, 4.69) is 49.3 Å². The second-order valence-corrected chi connectivity index (χ2v) is 6.55. The minimum absolute atomic E-state index is 0.492. The van der Waals surface area contributed by atoms with Crippen molar-refractivity contribution in [2.75, 3.05) is 26.7 Å². The molecule has 0 spiro atoms. The van der Waals surface area contributed by atoms with Crippen molar-refractivity contribution in [1.29, 1.82) is 0 Å². The third-order valence-corrected chi connectivity index (χ3v) is 4.20. The molecule has 0 aliphatic heterocycles. The molecule has 0 radical (unpaired) electrons. The van der Waals surface area contributed by atoms with Crippen LogP contribution in [0.4, 0.5) is 0 Å². The molecule has 1 aromatic rings. The lowest BCUT2D eigenvalue weighted by molar-refractivity contribution is 0.177. The lowest BCUT2D eigenvalue weighted by Gasteiger charge is -2.30. The van der Waals surface area contributed by atoms with Crippen LogP contribution in [-0.2, 0) is 6.54 Å². The van der Waals surface area contributed by atoms with Gasteiger partial charge in [-0.05, 0) is 31.9 Å². The highest BCUT2D eigenvalue weighted by atomic mass is 16.5. The molecule has 2 rings (SSSR count). The lowest BCUT2D eigenvalue weighted by atomic mass is 9.85. The number of para-hydroxylation sites is 1. The average molecular weight is 290 g/mol. The first kappa shape index (κ1) is 16.3. The van der Waals surface area contributed by atoms with E-state index in [1.807, 2.05) is 6.07 Å². The second kappa shape index (κ2) is 8.40. The first-order valence-electron chi connectivity index (χ1n) is 8.28. The maximum Gasteiger partial charge on any atom is 0.123 e. The summed E-state index contributed by atoms with van der Waals surface area (Å²) in [6.45, 7) is 8.19. The van der Waals surface area contributed by atoms with Crippen molar-refractivity contribution < 1.29 is 4.74 Å². The molecule has 0 saturated heterocycles. The number of hydrogen-bond donors (Lipinski definition) is 1. The van der Waals surface area contributed by atoms with Crippen LogP contribution in [0.3, 0.4) is 0 Å². The Morgan fingerprint density at radius 1 is 1.29 bits per heavy atom. The Balaban J connectivity index is 1.73. The van der Waals surface area contributed by atoms with E-state index in [4.69, 9.17) is 4.74 Å². The molecule has 1 aliphatic carbocycles. The molecule has 0 bridgehead atoms. The van der Waals surface area contributed by atoms with Gasteiger partial charge in [0.25, 0.3) is 0 Å². The molecule has 1 fully saturated rings. The lowest BCUT2D eigenvalue weighted by Crippen LogP contribution is -2.32. The fourth-order valence-electron chi connectivity index (χ4n) is 2.62. The van der Waals surface area contributed by atoms with Crippen LogP contribution in [0.2, 0.25) is 0 Å². The van der Waals surface area contributed by atoms with Gasteiger partial charge in [-0.3, -0.25) is 0 Å². The molecule has 118 valence electrons. The molecule has 0 unspecified atom stereocenters. The van der Waals surface area contributed by atoms with Gasteiger partial charge in [0.15, 0.2) is 0 Å². The smallest absolute Gasteiger partial charge is 0.123 e. The topological polar surface area (TPSA) is 24.5 Å². The first-order valence-corrected chi connectivity index (χ1v) is 8.28. The van der Waals surface area contributed by atoms with Gasteiger partial charge >= 0.3 is 0 Å². The summed E-state index contributed by atoms with van der Waals surface area (Å²) in [6.07, 6.45) is 4.25. The summed E-state index contributed by atoms with van der Waals surface area (Å²) in [5.41, 5.74) is 1.24. The van der Waals surface area contributed by atoms with Crippen LogP contribution in [0, 0.1) is 5.92 Å². The van der Waals surface area contributed by atoms with E-state index in [1.54, 1.807) is 0 Å². The Labute approximate surface area is 129 Å². The second-order valence-electron chi connectivity index (χ2n) is 6.55. The molecule has 3 nitrogen and oxygen atoms in total. The maximum atomic E-state index is 5.99. The molecule has 0 heterocycles. The van der Waals surface area contributed by atoms with Gasteiger partial charge in [-0.1, -0.05) is 38.5 Å². The molecule has 0 amide bonds. The van der Waals surface area contributed by atoms with Crippen molar-refractivity contribution in [3.63, 3.8) is 0 Å². The SMILES string of the molecule is CC(C)NCc1ccccc1OCCN(C)CC1CCC1. The van der Waals surface area contributed by atoms with Crippen molar-refractivity contribution >= 4 is 0 Å². The number of ether oxygens (including phenoxy) is 1. The number of nitrogens with zero attached hydrogens (tertiary/aromatic N) is 1. The fraction of sp³-hybridized carbons (Fsp3) is 0.667. The van der Waals surface area contributed by atoms with Gasteiger partial charge in [-0.2, -0.15) is 0 Å². The summed E-state index contributed by atoms with van der Waals surface area (Å²) in [5, 5.41) is 3.45. The van der Waals surface area contributed by atoms with Gasteiger partial charge in [-0.15, -0.1) is 0 Å². The predicted molar refractivity (Wildman–Crippen MR) is 88.8 cm³/mol. The minimum atomic E-state index is 0.492. The van der Waals surface area contributed by atoms with Crippen LogP contribution < -0.4 is 10.1 Å². The Bertz CT molecular complexity index is 415. The summed E-state index contributed by atoms with van der Waals surface area (Å²) in [7, 11) is 2.20. The van der Waals surface area contributed by atoms with Gasteiger partial charge in [0, 0.05) is 31.2 Å². The normalized spacial score (nSPS) is 15.5. The standard InChI is InChI=1S/C18H30N2O/c1-15(2)19-13-17-9-4-5-10-18(17)21-12-11-20(3)14-16-7-6-8-16/h4-5,9-10,15-16,19H,6-8,11-14H2,1-3H3. The quantitative estimate of drug-likeness (QED) is 0.755.